The first-order chi connectivity index (χ1) is 12.1. The average Bonchev–Trinajstić information content (AvgIpc) is 2.64. The second-order valence-corrected chi connectivity index (χ2v) is 5.56. The normalized spacial score (nSPS) is 10.1. The molecule has 2 amide bonds. The maximum atomic E-state index is 12.4. The zero-order valence-corrected chi connectivity index (χ0v) is 13.7. The van der Waals surface area contributed by atoms with Crippen LogP contribution in [-0.4, -0.2) is 16.8 Å². The summed E-state index contributed by atoms with van der Waals surface area (Å²) in [5.74, 6) is -0.520. The van der Waals surface area contributed by atoms with E-state index in [1.807, 2.05) is 19.1 Å². The van der Waals surface area contributed by atoms with Crippen LogP contribution in [0.3, 0.4) is 0 Å². The highest BCUT2D eigenvalue weighted by molar-refractivity contribution is 6.09. The number of rotatable bonds is 4. The number of nitrogens with zero attached hydrogens (tertiary/aromatic N) is 1. The number of aromatic nitrogens is 1. The molecule has 2 N–H and O–H groups in total. The summed E-state index contributed by atoms with van der Waals surface area (Å²) >= 11 is 0. The highest BCUT2D eigenvalue weighted by Gasteiger charge is 2.12. The van der Waals surface area contributed by atoms with Gasteiger partial charge in [0.15, 0.2) is 0 Å². The quantitative estimate of drug-likeness (QED) is 0.762. The number of benzene rings is 2. The number of aryl methyl sites for hydroxylation is 1. The van der Waals surface area contributed by atoms with E-state index in [0.29, 0.717) is 22.5 Å². The van der Waals surface area contributed by atoms with E-state index in [2.05, 4.69) is 15.6 Å². The van der Waals surface area contributed by atoms with E-state index < -0.39 is 0 Å². The van der Waals surface area contributed by atoms with Crippen molar-refractivity contribution in [3.05, 3.63) is 89.7 Å². The number of hydrogen-bond donors (Lipinski definition) is 2. The molecule has 0 radical (unpaired) electrons. The van der Waals surface area contributed by atoms with Crippen LogP contribution in [0.1, 0.15) is 26.3 Å². The van der Waals surface area contributed by atoms with Crippen LogP contribution in [0.5, 0.6) is 0 Å². The van der Waals surface area contributed by atoms with Gasteiger partial charge < -0.3 is 10.6 Å². The van der Waals surface area contributed by atoms with E-state index in [1.165, 1.54) is 6.20 Å². The van der Waals surface area contributed by atoms with Gasteiger partial charge in [-0.1, -0.05) is 29.8 Å². The van der Waals surface area contributed by atoms with Crippen LogP contribution in [-0.2, 0) is 0 Å². The molecule has 0 unspecified atom stereocenters. The topological polar surface area (TPSA) is 71.1 Å². The van der Waals surface area contributed by atoms with Crippen molar-refractivity contribution in [2.45, 2.75) is 6.92 Å². The van der Waals surface area contributed by atoms with Gasteiger partial charge in [-0.2, -0.15) is 0 Å². The number of amides is 2. The fourth-order valence-electron chi connectivity index (χ4n) is 2.29. The van der Waals surface area contributed by atoms with Crippen LogP contribution >= 0.6 is 0 Å². The summed E-state index contributed by atoms with van der Waals surface area (Å²) in [6, 6.07) is 17.7. The van der Waals surface area contributed by atoms with Gasteiger partial charge in [-0.05, 0) is 43.3 Å². The first-order valence-corrected chi connectivity index (χ1v) is 7.82. The summed E-state index contributed by atoms with van der Waals surface area (Å²) in [7, 11) is 0. The highest BCUT2D eigenvalue weighted by atomic mass is 16.2. The molecule has 25 heavy (non-hydrogen) atoms. The third kappa shape index (κ3) is 4.09. The lowest BCUT2D eigenvalue weighted by Crippen LogP contribution is -2.16. The Morgan fingerprint density at radius 1 is 0.760 bits per heavy atom. The van der Waals surface area contributed by atoms with E-state index in [-0.39, 0.29) is 11.8 Å². The number of para-hydroxylation sites is 2. The Kier molecular flexibility index (Phi) is 4.85. The number of carbonyl (C=O) groups is 2. The van der Waals surface area contributed by atoms with Crippen molar-refractivity contribution in [3.63, 3.8) is 0 Å². The zero-order valence-electron chi connectivity index (χ0n) is 13.7. The lowest BCUT2D eigenvalue weighted by atomic mass is 10.1. The first kappa shape index (κ1) is 16.4. The standard InChI is InChI=1S/C20H17N3O2/c1-14-8-10-15(11-9-14)19(24)22-17-6-2-3-7-18(17)23-20(25)16-5-4-12-21-13-16/h2-13H,1H3,(H,22,24)(H,23,25). The predicted molar refractivity (Wildman–Crippen MR) is 97.8 cm³/mol. The molecular weight excluding hydrogens is 314 g/mol. The fraction of sp³-hybridized carbons (Fsp3) is 0.0500. The Balaban J connectivity index is 1.78. The Labute approximate surface area is 145 Å². The molecule has 0 aliphatic rings. The number of nitrogens with one attached hydrogen (secondary N) is 2. The summed E-state index contributed by atoms with van der Waals surface area (Å²) in [6.45, 7) is 1.96. The average molecular weight is 331 g/mol. The molecule has 1 aromatic heterocycles. The molecule has 0 spiro atoms. The van der Waals surface area contributed by atoms with Crippen LogP contribution in [0, 0.1) is 6.92 Å². The molecule has 0 saturated heterocycles. The van der Waals surface area contributed by atoms with Crippen LogP contribution in [0.25, 0.3) is 0 Å². The van der Waals surface area contributed by atoms with E-state index >= 15 is 0 Å². The molecule has 124 valence electrons. The van der Waals surface area contributed by atoms with E-state index in [0.717, 1.165) is 5.56 Å². The molecule has 5 nitrogen and oxygen atoms in total. The number of carbonyl (C=O) groups excluding carboxylic acids is 2. The molecule has 5 heteroatoms. The molecule has 2 aromatic carbocycles. The van der Waals surface area contributed by atoms with Gasteiger partial charge in [0.2, 0.25) is 0 Å². The molecule has 1 heterocycles. The molecular formula is C20H17N3O2. The van der Waals surface area contributed by atoms with Crippen LogP contribution in [0.2, 0.25) is 0 Å². The van der Waals surface area contributed by atoms with Crippen molar-refractivity contribution < 1.29 is 9.59 Å². The summed E-state index contributed by atoms with van der Waals surface area (Å²) in [5.41, 5.74) is 3.14. The highest BCUT2D eigenvalue weighted by Crippen LogP contribution is 2.22. The smallest absolute Gasteiger partial charge is 0.257 e. The maximum absolute atomic E-state index is 12.4. The molecule has 0 saturated carbocycles. The second kappa shape index (κ2) is 7.40. The van der Waals surface area contributed by atoms with Crippen LogP contribution in [0.4, 0.5) is 11.4 Å². The largest absolute Gasteiger partial charge is 0.320 e. The van der Waals surface area contributed by atoms with Crippen molar-refractivity contribution >= 4 is 23.2 Å². The monoisotopic (exact) mass is 331 g/mol. The molecule has 0 bridgehead atoms. The summed E-state index contributed by atoms with van der Waals surface area (Å²) in [5, 5.41) is 5.63. The van der Waals surface area contributed by atoms with Gasteiger partial charge in [-0.25, -0.2) is 0 Å². The van der Waals surface area contributed by atoms with Crippen molar-refractivity contribution in [2.24, 2.45) is 0 Å². The van der Waals surface area contributed by atoms with E-state index in [1.54, 1.807) is 54.7 Å². The fourth-order valence-corrected chi connectivity index (χ4v) is 2.29. The second-order valence-electron chi connectivity index (χ2n) is 5.56. The molecule has 0 fully saturated rings. The number of pyridine rings is 1. The van der Waals surface area contributed by atoms with Gasteiger partial charge in [0.1, 0.15) is 0 Å². The van der Waals surface area contributed by atoms with E-state index in [4.69, 9.17) is 0 Å². The summed E-state index contributed by atoms with van der Waals surface area (Å²) in [4.78, 5) is 28.6. The maximum Gasteiger partial charge on any atom is 0.257 e. The molecule has 3 aromatic rings. The van der Waals surface area contributed by atoms with Gasteiger partial charge in [-0.15, -0.1) is 0 Å². The van der Waals surface area contributed by atoms with Crippen molar-refractivity contribution in [1.29, 1.82) is 0 Å². The number of anilines is 2. The third-order valence-electron chi connectivity index (χ3n) is 3.66. The third-order valence-corrected chi connectivity index (χ3v) is 3.66. The summed E-state index contributed by atoms with van der Waals surface area (Å²) < 4.78 is 0. The molecule has 3 rings (SSSR count). The van der Waals surface area contributed by atoms with Gasteiger partial charge in [0.05, 0.1) is 16.9 Å². The molecule has 0 aliphatic carbocycles. The lowest BCUT2D eigenvalue weighted by Gasteiger charge is -2.12. The van der Waals surface area contributed by atoms with Gasteiger partial charge >= 0.3 is 0 Å². The van der Waals surface area contributed by atoms with Crippen LogP contribution in [0.15, 0.2) is 73.1 Å². The number of hydrogen-bond acceptors (Lipinski definition) is 3. The zero-order chi connectivity index (χ0) is 17.6. The minimum absolute atomic E-state index is 0.233. The molecule has 0 atom stereocenters. The Bertz CT molecular complexity index is 890. The Morgan fingerprint density at radius 2 is 1.36 bits per heavy atom. The van der Waals surface area contributed by atoms with Crippen LogP contribution < -0.4 is 10.6 Å². The van der Waals surface area contributed by atoms with Crippen molar-refractivity contribution in [1.82, 2.24) is 4.98 Å². The Hall–Kier alpha value is -3.47. The SMILES string of the molecule is Cc1ccc(C(=O)Nc2ccccc2NC(=O)c2cccnc2)cc1. The van der Waals surface area contributed by atoms with Gasteiger partial charge in [-0.3, -0.25) is 14.6 Å². The lowest BCUT2D eigenvalue weighted by molar-refractivity contribution is 0.101. The van der Waals surface area contributed by atoms with Gasteiger partial charge in [0, 0.05) is 18.0 Å². The van der Waals surface area contributed by atoms with Gasteiger partial charge in [0.25, 0.3) is 11.8 Å². The minimum Gasteiger partial charge on any atom is -0.320 e. The first-order valence-electron chi connectivity index (χ1n) is 7.82. The molecule has 0 aliphatic heterocycles. The Morgan fingerprint density at radius 3 is 1.92 bits per heavy atom. The minimum atomic E-state index is -0.287. The van der Waals surface area contributed by atoms with Crippen molar-refractivity contribution in [2.75, 3.05) is 10.6 Å². The summed E-state index contributed by atoms with van der Waals surface area (Å²) in [6.07, 6.45) is 3.09. The predicted octanol–water partition coefficient (Wildman–Crippen LogP) is 3.89. The van der Waals surface area contributed by atoms with Crippen molar-refractivity contribution in [3.8, 4) is 0 Å². The van der Waals surface area contributed by atoms with E-state index in [9.17, 15) is 9.59 Å².